The Morgan fingerprint density at radius 3 is 2.35 bits per heavy atom. The van der Waals surface area contributed by atoms with Crippen LogP contribution >= 0.6 is 0 Å². The summed E-state index contributed by atoms with van der Waals surface area (Å²) in [6, 6.07) is 8.81. The number of rotatable bonds is 6. The number of nitrogens with zero attached hydrogens (tertiary/aromatic N) is 1. The molecule has 1 aromatic rings. The Labute approximate surface area is 135 Å². The summed E-state index contributed by atoms with van der Waals surface area (Å²) in [6.07, 6.45) is 0.408. The molecule has 0 atom stereocenters. The molecule has 1 fully saturated rings. The molecule has 0 aromatic heterocycles. The van der Waals surface area contributed by atoms with E-state index in [2.05, 4.69) is 5.32 Å². The van der Waals surface area contributed by atoms with E-state index in [9.17, 15) is 18.0 Å². The van der Waals surface area contributed by atoms with Crippen LogP contribution < -0.4 is 5.32 Å². The van der Waals surface area contributed by atoms with Crippen molar-refractivity contribution in [2.45, 2.75) is 31.1 Å². The summed E-state index contributed by atoms with van der Waals surface area (Å²) >= 11 is 0. The van der Waals surface area contributed by atoms with E-state index in [-0.39, 0.29) is 11.8 Å². The minimum absolute atomic E-state index is 0.0378. The third-order valence-electron chi connectivity index (χ3n) is 3.72. The number of carbonyl (C=O) groups excluding carboxylic acids is 1. The van der Waals surface area contributed by atoms with Crippen molar-refractivity contribution >= 4 is 21.9 Å². The number of amides is 1. The van der Waals surface area contributed by atoms with Gasteiger partial charge in [-0.25, -0.2) is 12.7 Å². The normalized spacial score (nSPS) is 16.9. The lowest BCUT2D eigenvalue weighted by atomic mass is 10.1. The molecule has 1 saturated heterocycles. The molecule has 1 amide bonds. The topological polar surface area (TPSA) is 104 Å². The van der Waals surface area contributed by atoms with Crippen LogP contribution in [0, 0.1) is 0 Å². The number of carboxylic acids is 1. The average Bonchev–Trinajstić information content (AvgIpc) is 2.47. The smallest absolute Gasteiger partial charge is 0.312 e. The third-order valence-corrected chi connectivity index (χ3v) is 5.57. The molecule has 2 rings (SSSR count). The van der Waals surface area contributed by atoms with Gasteiger partial charge >= 0.3 is 5.97 Å². The molecule has 0 aliphatic carbocycles. The number of hydrogen-bond donors (Lipinski definition) is 2. The molecule has 126 valence electrons. The van der Waals surface area contributed by atoms with Gasteiger partial charge in [0.25, 0.3) is 0 Å². The maximum absolute atomic E-state index is 12.4. The van der Waals surface area contributed by atoms with Crippen molar-refractivity contribution in [2.24, 2.45) is 0 Å². The molecule has 23 heavy (non-hydrogen) atoms. The van der Waals surface area contributed by atoms with Gasteiger partial charge in [0.15, 0.2) is 0 Å². The second-order valence-corrected chi connectivity index (χ2v) is 7.52. The van der Waals surface area contributed by atoms with Gasteiger partial charge < -0.3 is 10.4 Å². The van der Waals surface area contributed by atoms with Crippen LogP contribution in [0.2, 0.25) is 0 Å². The van der Waals surface area contributed by atoms with E-state index in [4.69, 9.17) is 5.11 Å². The number of piperidine rings is 1. The van der Waals surface area contributed by atoms with Crippen molar-refractivity contribution < 1.29 is 23.1 Å². The van der Waals surface area contributed by atoms with E-state index in [1.54, 1.807) is 24.3 Å². The summed E-state index contributed by atoms with van der Waals surface area (Å²) in [4.78, 5) is 21.9. The number of carboxylic acid groups (broad SMARTS) is 1. The van der Waals surface area contributed by atoms with Gasteiger partial charge in [0.05, 0.1) is 5.75 Å². The van der Waals surface area contributed by atoms with Crippen LogP contribution in [0.5, 0.6) is 0 Å². The van der Waals surface area contributed by atoms with Crippen molar-refractivity contribution in [1.82, 2.24) is 9.62 Å². The van der Waals surface area contributed by atoms with Gasteiger partial charge in [-0.15, -0.1) is 0 Å². The Kier molecular flexibility index (Phi) is 5.73. The number of aliphatic carboxylic acids is 1. The van der Waals surface area contributed by atoms with Crippen molar-refractivity contribution in [1.29, 1.82) is 0 Å². The first-order chi connectivity index (χ1) is 10.9. The van der Waals surface area contributed by atoms with Crippen LogP contribution in [-0.4, -0.2) is 48.8 Å². The maximum Gasteiger partial charge on any atom is 0.312 e. The lowest BCUT2D eigenvalue weighted by Gasteiger charge is -2.31. The highest BCUT2D eigenvalue weighted by Crippen LogP contribution is 2.17. The molecule has 1 aromatic carbocycles. The third kappa shape index (κ3) is 5.33. The van der Waals surface area contributed by atoms with E-state index in [0.717, 1.165) is 5.56 Å². The zero-order chi connectivity index (χ0) is 16.9. The van der Waals surface area contributed by atoms with Crippen LogP contribution in [0.4, 0.5) is 0 Å². The first-order valence-electron chi connectivity index (χ1n) is 7.40. The first kappa shape index (κ1) is 17.4. The summed E-state index contributed by atoms with van der Waals surface area (Å²) in [6.45, 7) is 0.653. The van der Waals surface area contributed by atoms with Crippen molar-refractivity contribution in [2.75, 3.05) is 13.1 Å². The Balaban J connectivity index is 1.86. The Hall–Kier alpha value is -1.93. The highest BCUT2D eigenvalue weighted by Gasteiger charge is 2.28. The summed E-state index contributed by atoms with van der Waals surface area (Å²) in [5, 5.41) is 11.2. The summed E-state index contributed by atoms with van der Waals surface area (Å²) in [7, 11) is -3.38. The molecular formula is C15H20N2O5S. The molecule has 7 nitrogen and oxygen atoms in total. The van der Waals surface area contributed by atoms with E-state index >= 15 is 0 Å². The van der Waals surface area contributed by atoms with E-state index in [0.29, 0.717) is 25.9 Å². The minimum Gasteiger partial charge on any atom is -0.481 e. The minimum atomic E-state index is -3.38. The van der Waals surface area contributed by atoms with Gasteiger partial charge in [0, 0.05) is 19.1 Å². The Bertz CT molecular complexity index is 652. The van der Waals surface area contributed by atoms with Crippen molar-refractivity contribution in [3.05, 3.63) is 35.9 Å². The lowest BCUT2D eigenvalue weighted by molar-refractivity contribution is -0.140. The molecule has 2 N–H and O–H groups in total. The van der Waals surface area contributed by atoms with Gasteiger partial charge in [-0.2, -0.15) is 0 Å². The van der Waals surface area contributed by atoms with Gasteiger partial charge in [-0.1, -0.05) is 30.3 Å². The van der Waals surface area contributed by atoms with Gasteiger partial charge in [-0.05, 0) is 18.4 Å². The van der Waals surface area contributed by atoms with Crippen LogP contribution in [0.15, 0.2) is 30.3 Å². The number of sulfonamides is 1. The molecule has 0 saturated carbocycles. The standard InChI is InChI=1S/C15H20N2O5S/c18-14(10-15(19)20)16-13-6-8-17(9-7-13)23(21,22)11-12-4-2-1-3-5-12/h1-5,13H,6-11H2,(H,16,18)(H,19,20). The zero-order valence-electron chi connectivity index (χ0n) is 12.6. The lowest BCUT2D eigenvalue weighted by Crippen LogP contribution is -2.47. The zero-order valence-corrected chi connectivity index (χ0v) is 13.5. The average molecular weight is 340 g/mol. The number of hydrogen-bond acceptors (Lipinski definition) is 4. The fourth-order valence-corrected chi connectivity index (χ4v) is 4.13. The highest BCUT2D eigenvalue weighted by atomic mass is 32.2. The van der Waals surface area contributed by atoms with Gasteiger partial charge in [0.2, 0.25) is 15.9 Å². The molecular weight excluding hydrogens is 320 g/mol. The largest absolute Gasteiger partial charge is 0.481 e. The summed E-state index contributed by atoms with van der Waals surface area (Å²) in [5.41, 5.74) is 0.740. The fourth-order valence-electron chi connectivity index (χ4n) is 2.57. The second-order valence-electron chi connectivity index (χ2n) is 5.55. The monoisotopic (exact) mass is 340 g/mol. The molecule has 0 bridgehead atoms. The van der Waals surface area contributed by atoms with Crippen molar-refractivity contribution in [3.63, 3.8) is 0 Å². The fraction of sp³-hybridized carbons (Fsp3) is 0.467. The van der Waals surface area contributed by atoms with Crippen LogP contribution in [0.1, 0.15) is 24.8 Å². The van der Waals surface area contributed by atoms with Crippen molar-refractivity contribution in [3.8, 4) is 0 Å². The van der Waals surface area contributed by atoms with Crippen LogP contribution in [-0.2, 0) is 25.4 Å². The molecule has 8 heteroatoms. The highest BCUT2D eigenvalue weighted by molar-refractivity contribution is 7.88. The maximum atomic E-state index is 12.4. The summed E-state index contributed by atoms with van der Waals surface area (Å²) in [5.74, 6) is -1.75. The quantitative estimate of drug-likeness (QED) is 0.737. The molecule has 0 unspecified atom stereocenters. The van der Waals surface area contributed by atoms with E-state index in [1.807, 2.05) is 6.07 Å². The predicted molar refractivity (Wildman–Crippen MR) is 84.1 cm³/mol. The Morgan fingerprint density at radius 1 is 1.17 bits per heavy atom. The molecule has 0 radical (unpaired) electrons. The van der Waals surface area contributed by atoms with Crippen LogP contribution in [0.3, 0.4) is 0 Å². The summed E-state index contributed by atoms with van der Waals surface area (Å²) < 4.78 is 26.2. The van der Waals surface area contributed by atoms with Crippen LogP contribution in [0.25, 0.3) is 0 Å². The molecule has 1 aliphatic rings. The number of benzene rings is 1. The van der Waals surface area contributed by atoms with E-state index in [1.165, 1.54) is 4.31 Å². The second kappa shape index (κ2) is 7.56. The van der Waals surface area contributed by atoms with E-state index < -0.39 is 28.3 Å². The molecule has 1 aliphatic heterocycles. The molecule has 1 heterocycles. The predicted octanol–water partition coefficient (Wildman–Crippen LogP) is 0.572. The van der Waals surface area contributed by atoms with Gasteiger partial charge in [-0.3, -0.25) is 9.59 Å². The Morgan fingerprint density at radius 2 is 1.78 bits per heavy atom. The SMILES string of the molecule is O=C(O)CC(=O)NC1CCN(S(=O)(=O)Cc2ccccc2)CC1. The number of carbonyl (C=O) groups is 2. The van der Waals surface area contributed by atoms with Gasteiger partial charge in [0.1, 0.15) is 6.42 Å². The molecule has 0 spiro atoms. The number of nitrogens with one attached hydrogen (secondary N) is 1. The first-order valence-corrected chi connectivity index (χ1v) is 9.00.